The summed E-state index contributed by atoms with van der Waals surface area (Å²) in [6, 6.07) is 12.9. The molecule has 2 rings (SSSR count). The van der Waals surface area contributed by atoms with Gasteiger partial charge < -0.3 is 20.7 Å². The van der Waals surface area contributed by atoms with Crippen LogP contribution in [0.3, 0.4) is 0 Å². The van der Waals surface area contributed by atoms with Crippen LogP contribution in [0, 0.1) is 0 Å². The zero-order valence-electron chi connectivity index (χ0n) is 15.1. The van der Waals surface area contributed by atoms with Gasteiger partial charge in [0.2, 0.25) is 0 Å². The minimum absolute atomic E-state index is 0.253. The number of urea groups is 1. The fourth-order valence-corrected chi connectivity index (χ4v) is 2.22. The topological polar surface area (TPSA) is 96.5 Å². The number of nitrogens with one attached hydrogen (secondary N) is 3. The second-order valence-corrected chi connectivity index (χ2v) is 5.77. The number of alkyl halides is 3. The second kappa shape index (κ2) is 10.1. The fourth-order valence-electron chi connectivity index (χ4n) is 2.22. The van der Waals surface area contributed by atoms with Gasteiger partial charge in [-0.3, -0.25) is 9.59 Å². The molecule has 0 bridgehead atoms. The van der Waals surface area contributed by atoms with Crippen molar-refractivity contribution in [2.24, 2.45) is 0 Å². The minimum Gasteiger partial charge on any atom is -0.454 e. The Morgan fingerprint density at radius 3 is 2.24 bits per heavy atom. The number of carbonyl (C=O) groups is 3. The number of rotatable bonds is 7. The molecule has 154 valence electrons. The smallest absolute Gasteiger partial charge is 0.418 e. The molecular formula is C19H18F3N3O4. The van der Waals surface area contributed by atoms with Crippen LogP contribution in [0.2, 0.25) is 0 Å². The van der Waals surface area contributed by atoms with E-state index >= 15 is 0 Å². The summed E-state index contributed by atoms with van der Waals surface area (Å²) in [6.45, 7) is -1.05. The molecule has 29 heavy (non-hydrogen) atoms. The molecule has 0 saturated heterocycles. The summed E-state index contributed by atoms with van der Waals surface area (Å²) in [5, 5.41) is 6.82. The van der Waals surface area contributed by atoms with E-state index in [1.54, 1.807) is 0 Å². The molecule has 3 N–H and O–H groups in total. The lowest BCUT2D eigenvalue weighted by atomic mass is 10.1. The van der Waals surface area contributed by atoms with Crippen LogP contribution in [0.4, 0.5) is 23.7 Å². The van der Waals surface area contributed by atoms with Crippen LogP contribution in [-0.2, 0) is 27.0 Å². The number of para-hydroxylation sites is 1. The molecule has 0 saturated carbocycles. The van der Waals surface area contributed by atoms with Crippen LogP contribution in [0.15, 0.2) is 54.6 Å². The van der Waals surface area contributed by atoms with E-state index in [4.69, 9.17) is 0 Å². The highest BCUT2D eigenvalue weighted by atomic mass is 19.4. The number of amides is 3. The SMILES string of the molecule is O=C(COC(=O)CNC(=O)NCc1ccccc1)Nc1ccccc1C(F)(F)F. The van der Waals surface area contributed by atoms with Crippen molar-refractivity contribution in [2.45, 2.75) is 12.7 Å². The predicted octanol–water partition coefficient (Wildman–Crippen LogP) is 2.69. The summed E-state index contributed by atoms with van der Waals surface area (Å²) >= 11 is 0. The fraction of sp³-hybridized carbons (Fsp3) is 0.211. The summed E-state index contributed by atoms with van der Waals surface area (Å²) in [5.74, 6) is -1.86. The van der Waals surface area contributed by atoms with Crippen LogP contribution in [0.25, 0.3) is 0 Å². The van der Waals surface area contributed by atoms with Crippen LogP contribution in [0.1, 0.15) is 11.1 Å². The lowest BCUT2D eigenvalue weighted by Crippen LogP contribution is -2.39. The van der Waals surface area contributed by atoms with Crippen molar-refractivity contribution >= 4 is 23.6 Å². The van der Waals surface area contributed by atoms with E-state index in [9.17, 15) is 27.6 Å². The molecule has 2 aromatic carbocycles. The highest BCUT2D eigenvalue weighted by Gasteiger charge is 2.33. The first-order chi connectivity index (χ1) is 13.8. The molecule has 3 amide bonds. The van der Waals surface area contributed by atoms with Crippen LogP contribution < -0.4 is 16.0 Å². The summed E-state index contributed by atoms with van der Waals surface area (Å²) in [7, 11) is 0. The Bertz CT molecular complexity index is 857. The van der Waals surface area contributed by atoms with Gasteiger partial charge in [0.1, 0.15) is 6.54 Å². The summed E-state index contributed by atoms with van der Waals surface area (Å²) in [6.07, 6.45) is -4.64. The van der Waals surface area contributed by atoms with Gasteiger partial charge in [-0.1, -0.05) is 42.5 Å². The number of esters is 1. The van der Waals surface area contributed by atoms with Crippen molar-refractivity contribution in [1.29, 1.82) is 0 Å². The van der Waals surface area contributed by atoms with Crippen LogP contribution >= 0.6 is 0 Å². The van der Waals surface area contributed by atoms with Crippen LogP contribution in [0.5, 0.6) is 0 Å². The van der Waals surface area contributed by atoms with E-state index < -0.39 is 48.5 Å². The third-order valence-corrected chi connectivity index (χ3v) is 3.56. The Balaban J connectivity index is 1.71. The summed E-state index contributed by atoms with van der Waals surface area (Å²) in [5.41, 5.74) is -0.600. The third-order valence-electron chi connectivity index (χ3n) is 3.56. The first-order valence-corrected chi connectivity index (χ1v) is 8.43. The van der Waals surface area contributed by atoms with E-state index in [0.717, 1.165) is 17.7 Å². The molecule has 7 nitrogen and oxygen atoms in total. The van der Waals surface area contributed by atoms with Gasteiger partial charge in [0.15, 0.2) is 6.61 Å². The Kier molecular flexibility index (Phi) is 7.58. The van der Waals surface area contributed by atoms with Gasteiger partial charge in [0, 0.05) is 6.54 Å². The van der Waals surface area contributed by atoms with E-state index in [1.165, 1.54) is 12.1 Å². The Hall–Kier alpha value is -3.56. The Morgan fingerprint density at radius 1 is 0.897 bits per heavy atom. The molecule has 0 unspecified atom stereocenters. The Morgan fingerprint density at radius 2 is 1.55 bits per heavy atom. The highest BCUT2D eigenvalue weighted by molar-refractivity contribution is 5.93. The Labute approximate surface area is 164 Å². The maximum absolute atomic E-state index is 12.9. The van der Waals surface area contributed by atoms with Gasteiger partial charge in [-0.2, -0.15) is 13.2 Å². The minimum atomic E-state index is -4.64. The first kappa shape index (κ1) is 21.7. The molecule has 0 fully saturated rings. The number of hydrogen-bond donors (Lipinski definition) is 3. The second-order valence-electron chi connectivity index (χ2n) is 5.77. The predicted molar refractivity (Wildman–Crippen MR) is 97.7 cm³/mol. The molecule has 0 aliphatic rings. The van der Waals surface area contributed by atoms with E-state index in [-0.39, 0.29) is 6.54 Å². The normalized spacial score (nSPS) is 10.7. The average molecular weight is 409 g/mol. The zero-order chi connectivity index (χ0) is 21.3. The molecule has 0 aromatic heterocycles. The monoisotopic (exact) mass is 409 g/mol. The van der Waals surface area contributed by atoms with Gasteiger partial charge in [0.05, 0.1) is 11.3 Å². The molecule has 2 aromatic rings. The van der Waals surface area contributed by atoms with Gasteiger partial charge in [-0.05, 0) is 17.7 Å². The molecule has 0 radical (unpaired) electrons. The molecule has 0 heterocycles. The van der Waals surface area contributed by atoms with Crippen molar-refractivity contribution in [3.8, 4) is 0 Å². The molecule has 0 aliphatic heterocycles. The number of benzene rings is 2. The van der Waals surface area contributed by atoms with Gasteiger partial charge in [-0.15, -0.1) is 0 Å². The number of anilines is 1. The molecule has 10 heteroatoms. The van der Waals surface area contributed by atoms with Gasteiger partial charge in [0.25, 0.3) is 5.91 Å². The maximum Gasteiger partial charge on any atom is 0.418 e. The number of carbonyl (C=O) groups excluding carboxylic acids is 3. The standard InChI is InChI=1S/C19H18F3N3O4/c20-19(21,22)14-8-4-5-9-15(14)25-16(26)12-29-17(27)11-24-18(28)23-10-13-6-2-1-3-7-13/h1-9H,10-12H2,(H,25,26)(H2,23,24,28). The van der Waals surface area contributed by atoms with Gasteiger partial charge >= 0.3 is 18.2 Å². The largest absolute Gasteiger partial charge is 0.454 e. The summed E-state index contributed by atoms with van der Waals surface area (Å²) in [4.78, 5) is 34.9. The highest BCUT2D eigenvalue weighted by Crippen LogP contribution is 2.34. The van der Waals surface area contributed by atoms with Crippen molar-refractivity contribution < 1.29 is 32.3 Å². The number of hydrogen-bond acceptors (Lipinski definition) is 4. The van der Waals surface area contributed by atoms with E-state index in [2.05, 4.69) is 15.4 Å². The van der Waals surface area contributed by atoms with Gasteiger partial charge in [-0.25, -0.2) is 4.79 Å². The quantitative estimate of drug-likeness (QED) is 0.613. The number of halogens is 3. The molecular weight excluding hydrogens is 391 g/mol. The van der Waals surface area contributed by atoms with Crippen molar-refractivity contribution in [1.82, 2.24) is 10.6 Å². The third kappa shape index (κ3) is 7.53. The van der Waals surface area contributed by atoms with Crippen molar-refractivity contribution in [2.75, 3.05) is 18.5 Å². The molecule has 0 atom stereocenters. The van der Waals surface area contributed by atoms with Crippen molar-refractivity contribution in [3.05, 3.63) is 65.7 Å². The zero-order valence-corrected chi connectivity index (χ0v) is 15.1. The maximum atomic E-state index is 12.9. The van der Waals surface area contributed by atoms with Crippen molar-refractivity contribution in [3.63, 3.8) is 0 Å². The summed E-state index contributed by atoms with van der Waals surface area (Å²) < 4.78 is 43.3. The molecule has 0 aliphatic carbocycles. The lowest BCUT2D eigenvalue weighted by Gasteiger charge is -2.13. The van der Waals surface area contributed by atoms with E-state index in [0.29, 0.717) is 0 Å². The van der Waals surface area contributed by atoms with E-state index in [1.807, 2.05) is 35.6 Å². The lowest BCUT2D eigenvalue weighted by molar-refractivity contribution is -0.146. The first-order valence-electron chi connectivity index (χ1n) is 8.43. The molecule has 0 spiro atoms. The van der Waals surface area contributed by atoms with Crippen LogP contribution in [-0.4, -0.2) is 31.1 Å². The average Bonchev–Trinajstić information content (AvgIpc) is 2.69. The number of ether oxygens (including phenoxy) is 1.